The van der Waals surface area contributed by atoms with Gasteiger partial charge in [-0.25, -0.2) is 0 Å². The summed E-state index contributed by atoms with van der Waals surface area (Å²) >= 11 is 7.71. The molecule has 6 aliphatic heterocycles. The van der Waals surface area contributed by atoms with Crippen molar-refractivity contribution in [3.05, 3.63) is 308 Å². The second kappa shape index (κ2) is 47.2. The summed E-state index contributed by atoms with van der Waals surface area (Å²) in [7, 11) is 0. The van der Waals surface area contributed by atoms with Crippen molar-refractivity contribution in [2.75, 3.05) is 13.2 Å². The maximum absolute atomic E-state index is 6.29. The van der Waals surface area contributed by atoms with E-state index in [0.29, 0.717) is 65.8 Å². The number of furan rings is 1. The fraction of sp³-hybridized carbons (Fsp3) is 0.402. The molecular weight excluding hydrogens is 1430 g/mol. The van der Waals surface area contributed by atoms with Crippen LogP contribution < -0.4 is 9.47 Å². The summed E-state index contributed by atoms with van der Waals surface area (Å²) in [5.74, 6) is 12.3. The number of nitrogens with zero attached hydrogens (tertiary/aromatic N) is 1. The van der Waals surface area contributed by atoms with Crippen LogP contribution in [0.2, 0.25) is 0 Å². The predicted octanol–water partition coefficient (Wildman–Crippen LogP) is 31.8. The zero-order chi connectivity index (χ0) is 80.5. The molecule has 11 aromatic rings. The van der Waals surface area contributed by atoms with Gasteiger partial charge in [0, 0.05) is 99.6 Å². The summed E-state index contributed by atoms with van der Waals surface area (Å²) in [6.07, 6.45) is 11.6. The molecule has 592 valence electrons. The van der Waals surface area contributed by atoms with Crippen LogP contribution in [-0.2, 0) is 29.4 Å². The Morgan fingerprint density at radius 2 is 0.775 bits per heavy atom. The molecule has 5 nitrogen and oxygen atoms in total. The van der Waals surface area contributed by atoms with Gasteiger partial charge in [-0.1, -0.05) is 333 Å². The van der Waals surface area contributed by atoms with Crippen molar-refractivity contribution < 1.29 is 18.4 Å². The lowest BCUT2D eigenvalue weighted by Crippen LogP contribution is -2.14. The Balaban J connectivity index is 0.000000187. The number of ether oxygens (including phenoxy) is 2. The molecule has 0 fully saturated rings. The minimum absolute atomic E-state index is 0.404. The number of benzene rings is 9. The van der Waals surface area contributed by atoms with Gasteiger partial charge in [-0.3, -0.25) is 0 Å². The normalized spacial score (nSPS) is 16.0. The van der Waals surface area contributed by atoms with Crippen molar-refractivity contribution in [2.24, 2.45) is 29.6 Å². The van der Waals surface area contributed by atoms with Crippen LogP contribution in [0.3, 0.4) is 0 Å². The monoisotopic (exact) mass is 1560 g/mol. The molecule has 0 spiro atoms. The van der Waals surface area contributed by atoms with Crippen LogP contribution in [0.4, 0.5) is 0 Å². The van der Waals surface area contributed by atoms with Crippen LogP contribution in [0.25, 0.3) is 17.0 Å². The van der Waals surface area contributed by atoms with Gasteiger partial charge in [0.25, 0.3) is 0 Å². The second-order valence-electron chi connectivity index (χ2n) is 28.6. The van der Waals surface area contributed by atoms with Crippen molar-refractivity contribution in [3.63, 3.8) is 0 Å². The molecule has 2 aromatic heterocycles. The van der Waals surface area contributed by atoms with Crippen molar-refractivity contribution >= 4 is 64.1 Å². The molecular formula is C102H131NO4S4. The molecule has 0 bridgehead atoms. The van der Waals surface area contributed by atoms with Crippen molar-refractivity contribution in [1.29, 1.82) is 0 Å². The van der Waals surface area contributed by atoms with Gasteiger partial charge < -0.3 is 18.4 Å². The molecule has 6 aliphatic rings. The number of hydrogen-bond acceptors (Lipinski definition) is 9. The molecule has 0 amide bonds. The number of aryl methyl sites for hydroxylation is 1. The van der Waals surface area contributed by atoms with E-state index in [1.165, 1.54) is 127 Å². The van der Waals surface area contributed by atoms with Crippen LogP contribution in [0.15, 0.2) is 247 Å². The van der Waals surface area contributed by atoms with E-state index in [-0.39, 0.29) is 0 Å². The van der Waals surface area contributed by atoms with E-state index in [9.17, 15) is 0 Å². The molecule has 8 heterocycles. The van der Waals surface area contributed by atoms with Gasteiger partial charge in [-0.05, 0) is 141 Å². The highest BCUT2D eigenvalue weighted by molar-refractivity contribution is 7.99. The smallest absolute Gasteiger partial charge is 0.150 e. The van der Waals surface area contributed by atoms with E-state index < -0.39 is 0 Å². The van der Waals surface area contributed by atoms with E-state index >= 15 is 0 Å². The standard InChI is InChI=1S/C21H24OS.C20H20OS.C19H18OS.C16H18.C14H15NOS.6C2H6/c1-14(2)19-17-8-3-4-9-18(17)23-13-16-11-10-15-7-5-6-12-22-21(15)20(16)19;1-13(2)18-16-7-3-4-8-17(16)22-12-15-10-9-14-6-5-11-21-20(14)19(15)18;1-12(2)17-15-5-3-4-6-16(15)21-11-14-8-7-13-9-10-20-19(13)18(14)17;1-13(2)16(14-9-5-3-6-10-14)15-11-7-4-8-12-15;1-9(2)14-10-5-3-4-6-13(10)17-8-12-11(14)7-15-16-12;6*1-2/h3-4,8-11,14,19H,5-7,12-13H2,1-2H3;3-10,13,18H,11-12H2,1-2H3;3-10,12,17H,11H2,1-2H3;3-13,16H,1-2H3;3-7,9,14H,8H2,1-2H3;6*1-2H3. The fourth-order valence-electron chi connectivity index (χ4n) is 15.8. The SMILES string of the molecule is CC.CC.CC.CC.CC.CC.CC(C)C(c1ccccc1)c1ccccc1.CC(C)C1c2ccccc2SCc2ccc3c(c21)OCC=C3.CC(C)C1c2ccccc2SCc2ccc3c(c21)OCCCC3.CC(C)C1c2ccccc2SCc2ccc3ccoc3c21.CC(C)C1c2ccccc2SCc2oncc21. The van der Waals surface area contributed by atoms with Gasteiger partial charge in [0.1, 0.15) is 23.7 Å². The highest BCUT2D eigenvalue weighted by Gasteiger charge is 2.35. The third-order valence-corrected chi connectivity index (χ3v) is 24.8. The Bertz CT molecular complexity index is 4500. The second-order valence-corrected chi connectivity index (χ2v) is 32.7. The molecule has 0 N–H and O–H groups in total. The molecule has 0 saturated carbocycles. The summed E-state index contributed by atoms with van der Waals surface area (Å²) in [5, 5.41) is 5.17. The third kappa shape index (κ3) is 22.5. The minimum Gasteiger partial charge on any atom is -0.493 e. The largest absolute Gasteiger partial charge is 0.493 e. The zero-order valence-corrected chi connectivity index (χ0v) is 74.5. The Kier molecular flexibility index (Phi) is 38.6. The first kappa shape index (κ1) is 90.7. The molecule has 111 heavy (non-hydrogen) atoms. The molecule has 4 atom stereocenters. The van der Waals surface area contributed by atoms with Crippen LogP contribution >= 0.6 is 47.0 Å². The molecule has 0 aliphatic carbocycles. The first-order chi connectivity index (χ1) is 54.3. The van der Waals surface area contributed by atoms with E-state index in [4.69, 9.17) is 18.4 Å². The average Bonchev–Trinajstić information content (AvgIpc) is 1.68. The molecule has 9 heteroatoms. The Hall–Kier alpha value is -7.53. The summed E-state index contributed by atoms with van der Waals surface area (Å²) in [6.45, 7) is 48.6. The number of hydrogen-bond donors (Lipinski definition) is 0. The van der Waals surface area contributed by atoms with E-state index in [1.54, 1.807) is 0 Å². The molecule has 0 saturated heterocycles. The first-order valence-electron chi connectivity index (χ1n) is 41.9. The molecule has 0 radical (unpaired) electrons. The fourth-order valence-corrected chi connectivity index (χ4v) is 20.2. The zero-order valence-electron chi connectivity index (χ0n) is 71.2. The predicted molar refractivity (Wildman–Crippen MR) is 487 cm³/mol. The topological polar surface area (TPSA) is 57.6 Å². The van der Waals surface area contributed by atoms with Crippen LogP contribution in [0.5, 0.6) is 11.5 Å². The van der Waals surface area contributed by atoms with E-state index in [0.717, 1.165) is 53.1 Å². The van der Waals surface area contributed by atoms with Gasteiger partial charge in [-0.15, -0.1) is 47.0 Å². The van der Waals surface area contributed by atoms with Crippen LogP contribution in [0.1, 0.15) is 284 Å². The quantitative estimate of drug-likeness (QED) is 0.155. The van der Waals surface area contributed by atoms with Gasteiger partial charge >= 0.3 is 0 Å². The Morgan fingerprint density at radius 1 is 0.369 bits per heavy atom. The Labute approximate surface area is 688 Å². The van der Waals surface area contributed by atoms with Crippen molar-refractivity contribution in [3.8, 4) is 11.5 Å². The van der Waals surface area contributed by atoms with Gasteiger partial charge in [0.15, 0.2) is 5.76 Å². The van der Waals surface area contributed by atoms with E-state index in [1.807, 2.05) is 143 Å². The van der Waals surface area contributed by atoms with Gasteiger partial charge in [0.05, 0.1) is 24.8 Å². The molecule has 4 unspecified atom stereocenters. The first-order valence-corrected chi connectivity index (χ1v) is 45.9. The summed E-state index contributed by atoms with van der Waals surface area (Å²) in [6, 6.07) is 72.5. The number of aromatic nitrogens is 1. The molecule has 9 aromatic carbocycles. The lowest BCUT2D eigenvalue weighted by atomic mass is 9.79. The highest BCUT2D eigenvalue weighted by Crippen LogP contribution is 2.52. The van der Waals surface area contributed by atoms with Gasteiger partial charge in [-0.2, -0.15) is 0 Å². The maximum Gasteiger partial charge on any atom is 0.150 e. The minimum atomic E-state index is 0.404. The number of fused-ring (bicyclic) bond motifs is 14. The van der Waals surface area contributed by atoms with Gasteiger partial charge in [0.2, 0.25) is 0 Å². The Morgan fingerprint density at radius 3 is 1.25 bits per heavy atom. The number of thioether (sulfide) groups is 4. The highest BCUT2D eigenvalue weighted by atomic mass is 32.2. The average molecular weight is 1560 g/mol. The van der Waals surface area contributed by atoms with Crippen LogP contribution in [-0.4, -0.2) is 18.4 Å². The van der Waals surface area contributed by atoms with Crippen molar-refractivity contribution in [2.45, 2.75) is 244 Å². The van der Waals surface area contributed by atoms with Crippen molar-refractivity contribution in [1.82, 2.24) is 5.16 Å². The summed E-state index contributed by atoms with van der Waals surface area (Å²) in [4.78, 5) is 5.63. The summed E-state index contributed by atoms with van der Waals surface area (Å²) < 4.78 is 23.6. The maximum atomic E-state index is 6.29. The van der Waals surface area contributed by atoms with E-state index in [2.05, 4.69) is 287 Å². The lowest BCUT2D eigenvalue weighted by molar-refractivity contribution is 0.310. The summed E-state index contributed by atoms with van der Waals surface area (Å²) in [5.41, 5.74) is 22.1. The lowest BCUT2D eigenvalue weighted by Gasteiger charge is -2.28. The van der Waals surface area contributed by atoms with Crippen LogP contribution in [0, 0.1) is 29.6 Å². The third-order valence-electron chi connectivity index (χ3n) is 20.3. The number of rotatable bonds is 7. The molecule has 17 rings (SSSR count).